The maximum Gasteiger partial charge on any atom is 0.257 e. The Bertz CT molecular complexity index is 950. The van der Waals surface area contributed by atoms with Crippen molar-refractivity contribution in [2.45, 2.75) is 13.8 Å². The van der Waals surface area contributed by atoms with E-state index >= 15 is 0 Å². The maximum absolute atomic E-state index is 12.4. The molecule has 0 aliphatic carbocycles. The average molecular weight is 368 g/mol. The number of carbonyl (C=O) groups excluding carboxylic acids is 1. The zero-order chi connectivity index (χ0) is 18.7. The Balaban J connectivity index is 1.89. The molecule has 0 unspecified atom stereocenters. The lowest BCUT2D eigenvalue weighted by Gasteiger charge is -2.09. The molecule has 0 bridgehead atoms. The number of amides is 1. The first-order valence-corrected chi connectivity index (χ1v) is 8.91. The summed E-state index contributed by atoms with van der Waals surface area (Å²) in [5.41, 5.74) is 3.30. The zero-order valence-electron chi connectivity index (χ0n) is 15.1. The molecule has 1 N–H and O–H groups in total. The number of aryl methyl sites for hydroxylation is 2. The van der Waals surface area contributed by atoms with Gasteiger partial charge in [0.1, 0.15) is 11.5 Å². The molecule has 1 amide bonds. The molecule has 134 valence electrons. The van der Waals surface area contributed by atoms with Crippen molar-refractivity contribution in [1.82, 2.24) is 4.98 Å². The standard InChI is InChI=1S/C20H20N2O3S/c1-12-6-5-7-14(10-12)19(23)22-20-21-18(13(2)26-20)16-9-8-15(24-3)11-17(16)25-4/h5-11H,1-4H3,(H,21,22,23). The summed E-state index contributed by atoms with van der Waals surface area (Å²) in [6, 6.07) is 13.1. The Morgan fingerprint density at radius 3 is 2.58 bits per heavy atom. The van der Waals surface area contributed by atoms with Crippen LogP contribution in [0.3, 0.4) is 0 Å². The van der Waals surface area contributed by atoms with Crippen LogP contribution in [0.4, 0.5) is 5.13 Å². The summed E-state index contributed by atoms with van der Waals surface area (Å²) in [5.74, 6) is 1.22. The topological polar surface area (TPSA) is 60.5 Å². The van der Waals surface area contributed by atoms with Gasteiger partial charge in [-0.3, -0.25) is 10.1 Å². The van der Waals surface area contributed by atoms with Crippen LogP contribution in [0.5, 0.6) is 11.5 Å². The Hall–Kier alpha value is -2.86. The van der Waals surface area contributed by atoms with Gasteiger partial charge in [0.25, 0.3) is 5.91 Å². The van der Waals surface area contributed by atoms with E-state index in [9.17, 15) is 4.79 Å². The summed E-state index contributed by atoms with van der Waals surface area (Å²) < 4.78 is 10.7. The Morgan fingerprint density at radius 2 is 1.88 bits per heavy atom. The van der Waals surface area contributed by atoms with Gasteiger partial charge in [-0.15, -0.1) is 11.3 Å². The first-order chi connectivity index (χ1) is 12.5. The van der Waals surface area contributed by atoms with Crippen LogP contribution in [-0.4, -0.2) is 25.1 Å². The number of hydrogen-bond acceptors (Lipinski definition) is 5. The van der Waals surface area contributed by atoms with Crippen molar-refractivity contribution in [3.8, 4) is 22.8 Å². The fraction of sp³-hybridized carbons (Fsp3) is 0.200. The number of thiazole rings is 1. The minimum absolute atomic E-state index is 0.171. The smallest absolute Gasteiger partial charge is 0.257 e. The van der Waals surface area contributed by atoms with Gasteiger partial charge in [-0.1, -0.05) is 17.7 Å². The Kier molecular flexibility index (Phi) is 5.23. The summed E-state index contributed by atoms with van der Waals surface area (Å²) in [6.45, 7) is 3.93. The third kappa shape index (κ3) is 3.70. The molecule has 0 aliphatic rings. The van der Waals surface area contributed by atoms with E-state index in [2.05, 4.69) is 10.3 Å². The number of nitrogens with one attached hydrogen (secondary N) is 1. The first kappa shape index (κ1) is 17.9. The highest BCUT2D eigenvalue weighted by molar-refractivity contribution is 7.16. The Morgan fingerprint density at radius 1 is 1.08 bits per heavy atom. The third-order valence-electron chi connectivity index (χ3n) is 3.96. The van der Waals surface area contributed by atoms with Crippen LogP contribution in [0.15, 0.2) is 42.5 Å². The van der Waals surface area contributed by atoms with Crippen LogP contribution in [0.2, 0.25) is 0 Å². The van der Waals surface area contributed by atoms with E-state index in [4.69, 9.17) is 9.47 Å². The Labute approximate surface area is 156 Å². The summed E-state index contributed by atoms with van der Waals surface area (Å²) in [4.78, 5) is 18.0. The van der Waals surface area contributed by atoms with E-state index in [1.807, 2.05) is 50.2 Å². The second-order valence-electron chi connectivity index (χ2n) is 5.81. The number of aromatic nitrogens is 1. The van der Waals surface area contributed by atoms with Gasteiger partial charge in [-0.2, -0.15) is 0 Å². The lowest BCUT2D eigenvalue weighted by Crippen LogP contribution is -2.11. The predicted molar refractivity (Wildman–Crippen MR) is 105 cm³/mol. The molecule has 0 saturated heterocycles. The molecule has 1 heterocycles. The van der Waals surface area contributed by atoms with Crippen LogP contribution in [0, 0.1) is 13.8 Å². The molecule has 26 heavy (non-hydrogen) atoms. The maximum atomic E-state index is 12.4. The first-order valence-electron chi connectivity index (χ1n) is 8.09. The number of benzene rings is 2. The average Bonchev–Trinajstić information content (AvgIpc) is 3.01. The molecule has 0 saturated carbocycles. The number of ether oxygens (including phenoxy) is 2. The van der Waals surface area contributed by atoms with Gasteiger partial charge >= 0.3 is 0 Å². The molecule has 0 radical (unpaired) electrons. The molecule has 1 aromatic heterocycles. The van der Waals surface area contributed by atoms with Gasteiger partial charge in [0.15, 0.2) is 5.13 Å². The van der Waals surface area contributed by atoms with Gasteiger partial charge in [-0.05, 0) is 38.1 Å². The second kappa shape index (κ2) is 7.58. The van der Waals surface area contributed by atoms with E-state index < -0.39 is 0 Å². The molecule has 0 fully saturated rings. The predicted octanol–water partition coefficient (Wildman–Crippen LogP) is 4.70. The van der Waals surface area contributed by atoms with Gasteiger partial charge in [0, 0.05) is 22.1 Å². The van der Waals surface area contributed by atoms with E-state index in [1.165, 1.54) is 11.3 Å². The molecular formula is C20H20N2O3S. The van der Waals surface area contributed by atoms with Crippen LogP contribution >= 0.6 is 11.3 Å². The molecule has 0 spiro atoms. The quantitative estimate of drug-likeness (QED) is 0.709. The van der Waals surface area contributed by atoms with E-state index in [0.717, 1.165) is 21.7 Å². The monoisotopic (exact) mass is 368 g/mol. The summed E-state index contributed by atoms with van der Waals surface area (Å²) in [5, 5.41) is 3.44. The summed E-state index contributed by atoms with van der Waals surface area (Å²) in [7, 11) is 3.22. The van der Waals surface area contributed by atoms with Crippen molar-refractivity contribution >= 4 is 22.4 Å². The fourth-order valence-electron chi connectivity index (χ4n) is 2.65. The molecule has 3 aromatic rings. The molecule has 2 aromatic carbocycles. The summed E-state index contributed by atoms with van der Waals surface area (Å²) >= 11 is 1.44. The number of anilines is 1. The number of nitrogens with zero attached hydrogens (tertiary/aromatic N) is 1. The van der Waals surface area contributed by atoms with Crippen LogP contribution in [-0.2, 0) is 0 Å². The lowest BCUT2D eigenvalue weighted by molar-refractivity contribution is 0.102. The van der Waals surface area contributed by atoms with Gasteiger partial charge in [-0.25, -0.2) is 4.98 Å². The van der Waals surface area contributed by atoms with Crippen molar-refractivity contribution in [2.75, 3.05) is 19.5 Å². The molecular weight excluding hydrogens is 348 g/mol. The van der Waals surface area contributed by atoms with Crippen molar-refractivity contribution in [3.05, 3.63) is 58.5 Å². The van der Waals surface area contributed by atoms with Gasteiger partial charge in [0.2, 0.25) is 0 Å². The molecule has 0 atom stereocenters. The molecule has 5 nitrogen and oxygen atoms in total. The largest absolute Gasteiger partial charge is 0.497 e. The second-order valence-corrected chi connectivity index (χ2v) is 7.02. The zero-order valence-corrected chi connectivity index (χ0v) is 15.9. The fourth-order valence-corrected chi connectivity index (χ4v) is 3.47. The summed E-state index contributed by atoms with van der Waals surface area (Å²) in [6.07, 6.45) is 0. The lowest BCUT2D eigenvalue weighted by atomic mass is 10.1. The molecule has 3 rings (SSSR count). The SMILES string of the molecule is COc1ccc(-c2nc(NC(=O)c3cccc(C)c3)sc2C)c(OC)c1. The van der Waals surface area contributed by atoms with Crippen molar-refractivity contribution < 1.29 is 14.3 Å². The van der Waals surface area contributed by atoms with Gasteiger partial charge < -0.3 is 9.47 Å². The molecule has 6 heteroatoms. The van der Waals surface area contributed by atoms with Crippen molar-refractivity contribution in [3.63, 3.8) is 0 Å². The van der Waals surface area contributed by atoms with E-state index in [0.29, 0.717) is 22.2 Å². The number of hydrogen-bond donors (Lipinski definition) is 1. The van der Waals surface area contributed by atoms with Crippen LogP contribution < -0.4 is 14.8 Å². The number of methoxy groups -OCH3 is 2. The van der Waals surface area contributed by atoms with Crippen molar-refractivity contribution in [2.24, 2.45) is 0 Å². The number of carbonyl (C=O) groups is 1. The highest BCUT2D eigenvalue weighted by Gasteiger charge is 2.16. The third-order valence-corrected chi connectivity index (χ3v) is 4.85. The normalized spacial score (nSPS) is 10.5. The minimum Gasteiger partial charge on any atom is -0.497 e. The highest BCUT2D eigenvalue weighted by atomic mass is 32.1. The van der Waals surface area contributed by atoms with E-state index in [1.54, 1.807) is 20.3 Å². The van der Waals surface area contributed by atoms with Crippen molar-refractivity contribution in [1.29, 1.82) is 0 Å². The van der Waals surface area contributed by atoms with Crippen LogP contribution in [0.25, 0.3) is 11.3 Å². The number of rotatable bonds is 5. The van der Waals surface area contributed by atoms with Crippen LogP contribution in [0.1, 0.15) is 20.8 Å². The highest BCUT2D eigenvalue weighted by Crippen LogP contribution is 2.37. The molecule has 0 aliphatic heterocycles. The minimum atomic E-state index is -0.171. The van der Waals surface area contributed by atoms with Gasteiger partial charge in [0.05, 0.1) is 19.9 Å². The van der Waals surface area contributed by atoms with E-state index in [-0.39, 0.29) is 5.91 Å².